The fraction of sp³-hybridized carbons (Fsp3) is 0.150. The van der Waals surface area contributed by atoms with Crippen LogP contribution in [0, 0.1) is 0 Å². The van der Waals surface area contributed by atoms with Crippen LogP contribution in [0.25, 0.3) is 16.5 Å². The zero-order chi connectivity index (χ0) is 15.5. The molecular formula is C20H19NO. The zero-order valence-corrected chi connectivity index (χ0v) is 12.8. The van der Waals surface area contributed by atoms with E-state index in [1.807, 2.05) is 72.3 Å². The summed E-state index contributed by atoms with van der Waals surface area (Å²) >= 11 is 0. The van der Waals surface area contributed by atoms with Crippen LogP contribution in [0.2, 0.25) is 0 Å². The second-order valence-electron chi connectivity index (χ2n) is 5.54. The van der Waals surface area contributed by atoms with Crippen LogP contribution in [0.4, 0.5) is 0 Å². The highest BCUT2D eigenvalue weighted by molar-refractivity contribution is 6.00. The Morgan fingerprint density at radius 2 is 1.68 bits per heavy atom. The minimum atomic E-state index is 0.163. The largest absolute Gasteiger partial charge is 0.341 e. The summed E-state index contributed by atoms with van der Waals surface area (Å²) in [6.45, 7) is 4.10. The molecule has 0 aliphatic heterocycles. The molecule has 1 heterocycles. The molecule has 2 heteroatoms. The molecule has 22 heavy (non-hydrogen) atoms. The van der Waals surface area contributed by atoms with Crippen LogP contribution in [0.5, 0.6) is 0 Å². The topological polar surface area (TPSA) is 22.0 Å². The van der Waals surface area contributed by atoms with E-state index < -0.39 is 0 Å². The van der Waals surface area contributed by atoms with Gasteiger partial charge < -0.3 is 4.57 Å². The van der Waals surface area contributed by atoms with Gasteiger partial charge in [-0.2, -0.15) is 0 Å². The van der Waals surface area contributed by atoms with Crippen LogP contribution >= 0.6 is 0 Å². The Kier molecular flexibility index (Phi) is 3.92. The maximum absolute atomic E-state index is 12.5. The fourth-order valence-electron chi connectivity index (χ4n) is 2.77. The van der Waals surface area contributed by atoms with E-state index in [2.05, 4.69) is 6.58 Å². The third-order valence-corrected chi connectivity index (χ3v) is 4.07. The number of aromatic nitrogens is 1. The Morgan fingerprint density at radius 3 is 2.41 bits per heavy atom. The molecule has 0 spiro atoms. The van der Waals surface area contributed by atoms with Crippen molar-refractivity contribution in [2.45, 2.75) is 12.8 Å². The number of fused-ring (bicyclic) bond motifs is 1. The highest BCUT2D eigenvalue weighted by Crippen LogP contribution is 2.22. The number of Topliss-reactive ketones (excluding diaryl/α,β-unsaturated/α-hetero) is 1. The summed E-state index contributed by atoms with van der Waals surface area (Å²) in [5, 5.41) is 1.11. The number of para-hydroxylation sites is 1. The van der Waals surface area contributed by atoms with Crippen molar-refractivity contribution in [2.75, 3.05) is 0 Å². The smallest absolute Gasteiger partial charge is 0.179 e. The number of carbonyl (C=O) groups is 1. The molecular weight excluding hydrogens is 270 g/mol. The number of ketones is 1. The van der Waals surface area contributed by atoms with Crippen LogP contribution in [0.15, 0.2) is 67.2 Å². The van der Waals surface area contributed by atoms with Crippen LogP contribution in [0.1, 0.15) is 28.9 Å². The zero-order valence-electron chi connectivity index (χ0n) is 12.8. The molecule has 1 aromatic heterocycles. The standard InChI is InChI=1S/C20H19NO/c1-15(16-8-4-3-5-9-16)12-13-20(22)19-14-17-10-6-7-11-18(17)21(19)2/h3-11,14H,1,12-13H2,2H3. The van der Waals surface area contributed by atoms with Crippen molar-refractivity contribution in [3.8, 4) is 0 Å². The molecule has 3 aromatic rings. The van der Waals surface area contributed by atoms with Gasteiger partial charge in [-0.25, -0.2) is 0 Å². The van der Waals surface area contributed by atoms with Crippen LogP contribution in [-0.4, -0.2) is 10.4 Å². The maximum atomic E-state index is 12.5. The van der Waals surface area contributed by atoms with Gasteiger partial charge in [0.2, 0.25) is 0 Å². The molecule has 0 saturated carbocycles. The first-order chi connectivity index (χ1) is 10.7. The van der Waals surface area contributed by atoms with Gasteiger partial charge >= 0.3 is 0 Å². The first-order valence-corrected chi connectivity index (χ1v) is 7.47. The van der Waals surface area contributed by atoms with E-state index in [-0.39, 0.29) is 5.78 Å². The predicted octanol–water partition coefficient (Wildman–Crippen LogP) is 4.85. The molecule has 0 amide bonds. The molecule has 0 fully saturated rings. The van der Waals surface area contributed by atoms with E-state index >= 15 is 0 Å². The average molecular weight is 289 g/mol. The molecule has 0 atom stereocenters. The van der Waals surface area contributed by atoms with Gasteiger partial charge in [0.25, 0.3) is 0 Å². The number of carbonyl (C=O) groups excluding carboxylic acids is 1. The number of hydrogen-bond donors (Lipinski definition) is 0. The number of allylic oxidation sites excluding steroid dienone is 1. The predicted molar refractivity (Wildman–Crippen MR) is 92.0 cm³/mol. The molecule has 0 N–H and O–H groups in total. The van der Waals surface area contributed by atoms with Crippen LogP contribution < -0.4 is 0 Å². The lowest BCUT2D eigenvalue weighted by Gasteiger charge is -2.06. The quantitative estimate of drug-likeness (QED) is 0.615. The molecule has 2 nitrogen and oxygen atoms in total. The van der Waals surface area contributed by atoms with Gasteiger partial charge in [-0.15, -0.1) is 0 Å². The molecule has 0 radical (unpaired) electrons. The van der Waals surface area contributed by atoms with Gasteiger partial charge in [-0.3, -0.25) is 4.79 Å². The molecule has 0 saturated heterocycles. The number of aryl methyl sites for hydroxylation is 1. The molecule has 0 aliphatic carbocycles. The van der Waals surface area contributed by atoms with Gasteiger partial charge in [-0.1, -0.05) is 55.1 Å². The summed E-state index contributed by atoms with van der Waals surface area (Å²) in [7, 11) is 1.95. The second-order valence-corrected chi connectivity index (χ2v) is 5.54. The van der Waals surface area contributed by atoms with E-state index in [9.17, 15) is 4.79 Å². The van der Waals surface area contributed by atoms with Crippen molar-refractivity contribution in [1.29, 1.82) is 0 Å². The van der Waals surface area contributed by atoms with Crippen molar-refractivity contribution >= 4 is 22.3 Å². The summed E-state index contributed by atoms with van der Waals surface area (Å²) in [6.07, 6.45) is 1.17. The normalized spacial score (nSPS) is 10.8. The van der Waals surface area contributed by atoms with Gasteiger partial charge in [0.1, 0.15) is 0 Å². The van der Waals surface area contributed by atoms with Crippen molar-refractivity contribution in [3.63, 3.8) is 0 Å². The Morgan fingerprint density at radius 1 is 1.00 bits per heavy atom. The van der Waals surface area contributed by atoms with Crippen molar-refractivity contribution in [1.82, 2.24) is 4.57 Å². The van der Waals surface area contributed by atoms with Crippen molar-refractivity contribution in [2.24, 2.45) is 7.05 Å². The highest BCUT2D eigenvalue weighted by atomic mass is 16.1. The lowest BCUT2D eigenvalue weighted by Crippen LogP contribution is -2.05. The van der Waals surface area contributed by atoms with Gasteiger partial charge in [0.05, 0.1) is 5.69 Å². The van der Waals surface area contributed by atoms with Gasteiger partial charge in [0.15, 0.2) is 5.78 Å². The molecule has 0 bridgehead atoms. The van der Waals surface area contributed by atoms with Crippen molar-refractivity contribution < 1.29 is 4.79 Å². The highest BCUT2D eigenvalue weighted by Gasteiger charge is 2.13. The third kappa shape index (κ3) is 2.73. The number of rotatable bonds is 5. The second kappa shape index (κ2) is 6.02. The van der Waals surface area contributed by atoms with Gasteiger partial charge in [0, 0.05) is 24.4 Å². The molecule has 2 aromatic carbocycles. The van der Waals surface area contributed by atoms with E-state index in [1.54, 1.807) is 0 Å². The first-order valence-electron chi connectivity index (χ1n) is 7.47. The Bertz CT molecular complexity index is 827. The lowest BCUT2D eigenvalue weighted by molar-refractivity contribution is 0.0977. The third-order valence-electron chi connectivity index (χ3n) is 4.07. The summed E-state index contributed by atoms with van der Waals surface area (Å²) in [6, 6.07) is 20.1. The Balaban J connectivity index is 1.74. The molecule has 0 unspecified atom stereocenters. The van der Waals surface area contributed by atoms with Gasteiger partial charge in [-0.05, 0) is 29.7 Å². The van der Waals surface area contributed by atoms with Crippen LogP contribution in [0.3, 0.4) is 0 Å². The Hall–Kier alpha value is -2.61. The van der Waals surface area contributed by atoms with E-state index in [0.29, 0.717) is 12.8 Å². The number of nitrogens with zero attached hydrogens (tertiary/aromatic N) is 1. The van der Waals surface area contributed by atoms with Crippen molar-refractivity contribution in [3.05, 3.63) is 78.5 Å². The van der Waals surface area contributed by atoms with E-state index in [4.69, 9.17) is 0 Å². The number of benzene rings is 2. The summed E-state index contributed by atoms with van der Waals surface area (Å²) in [4.78, 5) is 12.5. The summed E-state index contributed by atoms with van der Waals surface area (Å²) in [5.41, 5.74) is 3.97. The number of hydrogen-bond acceptors (Lipinski definition) is 1. The first kappa shape index (κ1) is 14.3. The van der Waals surface area contributed by atoms with E-state index in [1.165, 1.54) is 0 Å². The average Bonchev–Trinajstić information content (AvgIpc) is 2.90. The maximum Gasteiger partial charge on any atom is 0.179 e. The van der Waals surface area contributed by atoms with E-state index in [0.717, 1.165) is 27.7 Å². The lowest BCUT2D eigenvalue weighted by atomic mass is 10.0. The fourth-order valence-corrected chi connectivity index (χ4v) is 2.77. The minimum Gasteiger partial charge on any atom is -0.341 e. The minimum absolute atomic E-state index is 0.163. The molecule has 3 rings (SSSR count). The SMILES string of the molecule is C=C(CCC(=O)c1cc2ccccc2n1C)c1ccccc1. The molecule has 110 valence electrons. The summed E-state index contributed by atoms with van der Waals surface area (Å²) in [5.74, 6) is 0.163. The van der Waals surface area contributed by atoms with Crippen LogP contribution in [-0.2, 0) is 7.05 Å². The Labute approximate surface area is 130 Å². The molecule has 0 aliphatic rings. The monoisotopic (exact) mass is 289 g/mol. The summed E-state index contributed by atoms with van der Waals surface area (Å²) < 4.78 is 1.98.